The zero-order valence-corrected chi connectivity index (χ0v) is 16.3. The Kier molecular flexibility index (Phi) is 6.06. The minimum Gasteiger partial charge on any atom is -0.495 e. The van der Waals surface area contributed by atoms with Gasteiger partial charge in [0.05, 0.1) is 17.9 Å². The number of aryl methyl sites for hydroxylation is 1. The molecule has 0 unspecified atom stereocenters. The zero-order chi connectivity index (χ0) is 18.6. The number of anilines is 1. The molecule has 0 spiro atoms. The van der Waals surface area contributed by atoms with Gasteiger partial charge < -0.3 is 9.64 Å². The van der Waals surface area contributed by atoms with Gasteiger partial charge in [-0.1, -0.05) is 41.9 Å². The van der Waals surface area contributed by atoms with E-state index in [4.69, 9.17) is 16.3 Å². The Balaban J connectivity index is 1.58. The average Bonchev–Trinajstić information content (AvgIpc) is 2.67. The molecule has 1 fully saturated rings. The van der Waals surface area contributed by atoms with E-state index in [0.29, 0.717) is 43.4 Å². The van der Waals surface area contributed by atoms with Gasteiger partial charge in [-0.05, 0) is 30.2 Å². The first kappa shape index (κ1) is 19.0. The second-order valence-corrected chi connectivity index (χ2v) is 8.75. The third kappa shape index (κ3) is 4.50. The van der Waals surface area contributed by atoms with Crippen molar-refractivity contribution in [1.29, 1.82) is 0 Å². The van der Waals surface area contributed by atoms with Crippen molar-refractivity contribution >= 4 is 27.3 Å². The Hall–Kier alpha value is -1.76. The van der Waals surface area contributed by atoms with Crippen LogP contribution in [0.1, 0.15) is 5.56 Å². The van der Waals surface area contributed by atoms with Crippen molar-refractivity contribution in [3.05, 3.63) is 59.1 Å². The Morgan fingerprint density at radius 2 is 1.73 bits per heavy atom. The summed E-state index contributed by atoms with van der Waals surface area (Å²) in [7, 11) is -1.66. The summed E-state index contributed by atoms with van der Waals surface area (Å²) in [5, 5.41) is 0.558. The number of halogens is 1. The third-order valence-electron chi connectivity index (χ3n) is 4.62. The lowest BCUT2D eigenvalue weighted by Gasteiger charge is -2.35. The molecule has 2 aromatic rings. The van der Waals surface area contributed by atoms with E-state index in [1.807, 2.05) is 48.5 Å². The van der Waals surface area contributed by atoms with Crippen LogP contribution in [0.5, 0.6) is 5.75 Å². The highest BCUT2D eigenvalue weighted by atomic mass is 35.5. The van der Waals surface area contributed by atoms with Crippen molar-refractivity contribution in [3.8, 4) is 5.75 Å². The van der Waals surface area contributed by atoms with Crippen LogP contribution in [0.3, 0.4) is 0 Å². The molecule has 7 heteroatoms. The topological polar surface area (TPSA) is 49.9 Å². The Bertz CT molecular complexity index is 835. The second kappa shape index (κ2) is 8.29. The smallest absolute Gasteiger partial charge is 0.214 e. The van der Waals surface area contributed by atoms with Gasteiger partial charge in [-0.2, -0.15) is 4.31 Å². The van der Waals surface area contributed by atoms with E-state index in [-0.39, 0.29) is 5.75 Å². The molecular formula is C19H23ClN2O3S. The number of benzene rings is 2. The molecule has 0 aliphatic carbocycles. The average molecular weight is 395 g/mol. The van der Waals surface area contributed by atoms with Crippen LogP contribution < -0.4 is 9.64 Å². The maximum atomic E-state index is 12.6. The zero-order valence-electron chi connectivity index (χ0n) is 14.8. The molecule has 140 valence electrons. The van der Waals surface area contributed by atoms with Gasteiger partial charge in [-0.15, -0.1) is 0 Å². The monoisotopic (exact) mass is 394 g/mol. The van der Waals surface area contributed by atoms with E-state index in [2.05, 4.69) is 4.90 Å². The standard InChI is InChI=1S/C19H23ClN2O3S/c1-25-19-8-7-17(15-18(19)20)21-10-12-22(13-11-21)26(23,24)14-9-16-5-3-2-4-6-16/h2-8,15H,9-14H2,1H3. The van der Waals surface area contributed by atoms with Crippen molar-refractivity contribution in [2.45, 2.75) is 6.42 Å². The van der Waals surface area contributed by atoms with Crippen LogP contribution in [0.25, 0.3) is 0 Å². The van der Waals surface area contributed by atoms with Crippen molar-refractivity contribution in [2.75, 3.05) is 43.9 Å². The third-order valence-corrected chi connectivity index (χ3v) is 6.79. The van der Waals surface area contributed by atoms with E-state index >= 15 is 0 Å². The van der Waals surface area contributed by atoms with Crippen LogP contribution in [0, 0.1) is 0 Å². The Morgan fingerprint density at radius 1 is 1.04 bits per heavy atom. The summed E-state index contributed by atoms with van der Waals surface area (Å²) in [4.78, 5) is 2.15. The lowest BCUT2D eigenvalue weighted by Crippen LogP contribution is -2.49. The molecule has 5 nitrogen and oxygen atoms in total. The minimum atomic E-state index is -3.25. The molecule has 0 bridgehead atoms. The number of methoxy groups -OCH3 is 1. The molecular weight excluding hydrogens is 372 g/mol. The molecule has 3 rings (SSSR count). The first-order chi connectivity index (χ1) is 12.5. The molecule has 1 aliphatic rings. The Labute approximate surface area is 160 Å². The quantitative estimate of drug-likeness (QED) is 0.755. The van der Waals surface area contributed by atoms with Gasteiger partial charge in [0.1, 0.15) is 5.75 Å². The number of rotatable bonds is 6. The highest BCUT2D eigenvalue weighted by Crippen LogP contribution is 2.29. The molecule has 0 saturated carbocycles. The fourth-order valence-electron chi connectivity index (χ4n) is 3.10. The summed E-state index contributed by atoms with van der Waals surface area (Å²) in [6.45, 7) is 2.27. The molecule has 2 aromatic carbocycles. The summed E-state index contributed by atoms with van der Waals surface area (Å²) in [5.41, 5.74) is 2.03. The summed E-state index contributed by atoms with van der Waals surface area (Å²) in [5.74, 6) is 0.781. The van der Waals surface area contributed by atoms with Crippen LogP contribution in [-0.4, -0.2) is 51.8 Å². The van der Waals surface area contributed by atoms with Crippen LogP contribution >= 0.6 is 11.6 Å². The number of hydrogen-bond acceptors (Lipinski definition) is 4. The normalized spacial score (nSPS) is 15.8. The Morgan fingerprint density at radius 3 is 2.35 bits per heavy atom. The predicted molar refractivity (Wildman–Crippen MR) is 106 cm³/mol. The molecule has 0 atom stereocenters. The number of nitrogens with zero attached hydrogens (tertiary/aromatic N) is 2. The molecule has 0 N–H and O–H groups in total. The fraction of sp³-hybridized carbons (Fsp3) is 0.368. The van der Waals surface area contributed by atoms with Crippen LogP contribution in [-0.2, 0) is 16.4 Å². The lowest BCUT2D eigenvalue weighted by atomic mass is 10.2. The maximum Gasteiger partial charge on any atom is 0.214 e. The maximum absolute atomic E-state index is 12.6. The first-order valence-corrected chi connectivity index (χ1v) is 10.6. The van der Waals surface area contributed by atoms with E-state index in [1.54, 1.807) is 11.4 Å². The second-order valence-electron chi connectivity index (χ2n) is 6.26. The summed E-state index contributed by atoms with van der Waals surface area (Å²) in [6.07, 6.45) is 0.539. The van der Waals surface area contributed by atoms with Crippen molar-refractivity contribution in [3.63, 3.8) is 0 Å². The molecule has 26 heavy (non-hydrogen) atoms. The van der Waals surface area contributed by atoms with Gasteiger partial charge in [-0.3, -0.25) is 0 Å². The van der Waals surface area contributed by atoms with Gasteiger partial charge in [0, 0.05) is 31.9 Å². The van der Waals surface area contributed by atoms with Gasteiger partial charge >= 0.3 is 0 Å². The summed E-state index contributed by atoms with van der Waals surface area (Å²) < 4.78 is 32.0. The van der Waals surface area contributed by atoms with Gasteiger partial charge in [0.25, 0.3) is 0 Å². The van der Waals surface area contributed by atoms with Crippen molar-refractivity contribution < 1.29 is 13.2 Å². The van der Waals surface area contributed by atoms with E-state index in [0.717, 1.165) is 11.3 Å². The highest BCUT2D eigenvalue weighted by Gasteiger charge is 2.27. The molecule has 1 heterocycles. The SMILES string of the molecule is COc1ccc(N2CCN(S(=O)(=O)CCc3ccccc3)CC2)cc1Cl. The van der Waals surface area contributed by atoms with Crippen LogP contribution in [0.15, 0.2) is 48.5 Å². The molecule has 0 radical (unpaired) electrons. The molecule has 1 saturated heterocycles. The molecule has 0 amide bonds. The van der Waals surface area contributed by atoms with Gasteiger partial charge in [0.2, 0.25) is 10.0 Å². The first-order valence-electron chi connectivity index (χ1n) is 8.60. The highest BCUT2D eigenvalue weighted by molar-refractivity contribution is 7.89. The largest absolute Gasteiger partial charge is 0.495 e. The van der Waals surface area contributed by atoms with E-state index in [9.17, 15) is 8.42 Å². The number of hydrogen-bond donors (Lipinski definition) is 0. The fourth-order valence-corrected chi connectivity index (χ4v) is 4.82. The van der Waals surface area contributed by atoms with Crippen molar-refractivity contribution in [1.82, 2.24) is 4.31 Å². The number of ether oxygens (including phenoxy) is 1. The van der Waals surface area contributed by atoms with Crippen molar-refractivity contribution in [2.24, 2.45) is 0 Å². The lowest BCUT2D eigenvalue weighted by molar-refractivity contribution is 0.384. The van der Waals surface area contributed by atoms with E-state index < -0.39 is 10.0 Å². The van der Waals surface area contributed by atoms with Gasteiger partial charge in [-0.25, -0.2) is 8.42 Å². The number of sulfonamides is 1. The summed E-state index contributed by atoms with van der Waals surface area (Å²) >= 11 is 6.19. The van der Waals surface area contributed by atoms with Gasteiger partial charge in [0.15, 0.2) is 0 Å². The van der Waals surface area contributed by atoms with E-state index in [1.165, 1.54) is 0 Å². The summed E-state index contributed by atoms with van der Waals surface area (Å²) in [6, 6.07) is 15.4. The number of piperazine rings is 1. The predicted octanol–water partition coefficient (Wildman–Crippen LogP) is 3.04. The molecule has 1 aliphatic heterocycles. The molecule has 0 aromatic heterocycles. The minimum absolute atomic E-state index is 0.144. The van der Waals surface area contributed by atoms with Crippen LogP contribution in [0.4, 0.5) is 5.69 Å². The van der Waals surface area contributed by atoms with Crippen LogP contribution in [0.2, 0.25) is 5.02 Å².